The number of nitrogens with one attached hydrogen (secondary N) is 2. The molecular weight excluding hydrogens is 534 g/mol. The molecule has 1 saturated heterocycles. The number of aliphatic carboxylic acids is 2. The summed E-state index contributed by atoms with van der Waals surface area (Å²) >= 11 is 2.46. The molecule has 1 aromatic rings. The number of hydrogen-bond donors (Lipinski definition) is 4. The second-order valence-corrected chi connectivity index (χ2v) is 9.89. The Balaban J connectivity index is 1.65. The molecule has 0 aromatic carbocycles. The molecule has 0 aliphatic carbocycles. The quantitative estimate of drug-likeness (QED) is 0.137. The van der Waals surface area contributed by atoms with Gasteiger partial charge in [0.15, 0.2) is 0 Å². The molecule has 1 aromatic heterocycles. The summed E-state index contributed by atoms with van der Waals surface area (Å²) in [5.41, 5.74) is -1.47. The number of amides is 3. The summed E-state index contributed by atoms with van der Waals surface area (Å²) in [7, 11) is 3.97. The van der Waals surface area contributed by atoms with Gasteiger partial charge in [-0.15, -0.1) is 16.9 Å². The highest BCUT2D eigenvalue weighted by Crippen LogP contribution is 2.47. The molecule has 0 spiro atoms. The van der Waals surface area contributed by atoms with Crippen molar-refractivity contribution < 1.29 is 43.7 Å². The number of nitrogens with zero attached hydrogens (tertiary/aromatic N) is 5. The molecule has 3 atom stereocenters. The predicted octanol–water partition coefficient (Wildman–Crippen LogP) is -1.01. The van der Waals surface area contributed by atoms with Crippen LogP contribution >= 0.6 is 23.5 Å². The minimum absolute atomic E-state index is 0.0654. The molecule has 3 amide bonds. The fraction of sp³-hybridized carbons (Fsp3) is 0.579. The molecular formula is C19H25N7O9S2. The number of aryl methyl sites for hydroxylation is 1. The molecule has 1 unspecified atom stereocenters. The number of carboxylic acid groups (broad SMARTS) is 2. The van der Waals surface area contributed by atoms with Crippen molar-refractivity contribution >= 4 is 53.4 Å². The van der Waals surface area contributed by atoms with Gasteiger partial charge in [-0.25, -0.2) is 19.1 Å². The lowest BCUT2D eigenvalue weighted by molar-refractivity contribution is -0.192. The van der Waals surface area contributed by atoms with Gasteiger partial charge in [-0.2, -0.15) is 0 Å². The Morgan fingerprint density at radius 1 is 1.30 bits per heavy atom. The van der Waals surface area contributed by atoms with E-state index in [1.165, 1.54) is 35.3 Å². The minimum Gasteiger partial charge on any atom is -0.480 e. The maximum atomic E-state index is 13.2. The molecule has 0 saturated carbocycles. The average Bonchev–Trinajstić information content (AvgIpc) is 3.28. The third-order valence-electron chi connectivity index (χ3n) is 5.59. The predicted molar refractivity (Wildman–Crippen MR) is 126 cm³/mol. The molecule has 202 valence electrons. The van der Waals surface area contributed by atoms with Gasteiger partial charge in [0.25, 0.3) is 11.6 Å². The number of alkyl carbamates (subject to hydrolysis) is 1. The monoisotopic (exact) mass is 559 g/mol. The van der Waals surface area contributed by atoms with Gasteiger partial charge in [0, 0.05) is 32.1 Å². The molecule has 1 fully saturated rings. The zero-order valence-electron chi connectivity index (χ0n) is 20.0. The molecule has 0 radical (unpaired) electrons. The van der Waals surface area contributed by atoms with Crippen LogP contribution in [0.1, 0.15) is 19.3 Å². The maximum Gasteiger partial charge on any atom is 0.407 e. The van der Waals surface area contributed by atoms with Gasteiger partial charge in [0.05, 0.1) is 7.11 Å². The van der Waals surface area contributed by atoms with Crippen molar-refractivity contribution in [2.24, 2.45) is 7.05 Å². The van der Waals surface area contributed by atoms with Gasteiger partial charge in [-0.3, -0.25) is 14.5 Å². The molecule has 4 N–H and O–H groups in total. The first-order valence-electron chi connectivity index (χ1n) is 10.7. The molecule has 3 rings (SSSR count). The van der Waals surface area contributed by atoms with E-state index in [4.69, 9.17) is 4.74 Å². The lowest BCUT2D eigenvalue weighted by Crippen LogP contribution is -2.80. The standard InChI is InChI=1S/C19H25N7O9S2/c1-25-17(22-23-24-25)37-8-9-7-36-16-19(35-3,15(32)26(16)12(9)14(30)31)21-11(27)6-4-5-10(13(28)29)20-18(33)34-2/h10,16H,4-8H2,1-3H3,(H,20,33)(H,21,27)(H,28,29)(H,30,31)/t10?,16-,19-/m0/s1. The van der Waals surface area contributed by atoms with Crippen LogP contribution in [0.25, 0.3) is 0 Å². The van der Waals surface area contributed by atoms with E-state index in [0.29, 0.717) is 10.7 Å². The summed E-state index contributed by atoms with van der Waals surface area (Å²) in [5, 5.41) is 34.5. The topological polar surface area (TPSA) is 215 Å². The van der Waals surface area contributed by atoms with Gasteiger partial charge in [-0.05, 0) is 28.8 Å². The molecule has 18 heteroatoms. The van der Waals surface area contributed by atoms with Crippen LogP contribution in [0.2, 0.25) is 0 Å². The highest BCUT2D eigenvalue weighted by Gasteiger charge is 2.66. The SMILES string of the molecule is COC(=O)NC(CCCC(=O)N[C@]1(OC)C(=O)N2C(C(=O)O)=C(CSc3nnnn3C)CS[C@H]21)C(=O)O. The summed E-state index contributed by atoms with van der Waals surface area (Å²) in [4.78, 5) is 61.5. The van der Waals surface area contributed by atoms with Crippen LogP contribution in [-0.4, -0.2) is 108 Å². The number of tetrazole rings is 1. The summed E-state index contributed by atoms with van der Waals surface area (Å²) in [6.07, 6.45) is -1.08. The van der Waals surface area contributed by atoms with Gasteiger partial charge in [-0.1, -0.05) is 11.8 Å². The van der Waals surface area contributed by atoms with E-state index >= 15 is 0 Å². The van der Waals surface area contributed by atoms with E-state index in [1.807, 2.05) is 0 Å². The molecule has 0 bridgehead atoms. The van der Waals surface area contributed by atoms with Crippen molar-refractivity contribution in [1.29, 1.82) is 0 Å². The van der Waals surface area contributed by atoms with Crippen LogP contribution in [0.15, 0.2) is 16.4 Å². The average molecular weight is 560 g/mol. The highest BCUT2D eigenvalue weighted by molar-refractivity contribution is 8.01. The van der Waals surface area contributed by atoms with Crippen LogP contribution in [0.3, 0.4) is 0 Å². The van der Waals surface area contributed by atoms with Crippen LogP contribution in [0.4, 0.5) is 4.79 Å². The number of methoxy groups -OCH3 is 2. The third-order valence-corrected chi connectivity index (χ3v) is 8.06. The number of carbonyl (C=O) groups is 5. The van der Waals surface area contributed by atoms with Crippen LogP contribution < -0.4 is 10.6 Å². The Bertz CT molecular complexity index is 1130. The fourth-order valence-electron chi connectivity index (χ4n) is 3.74. The van der Waals surface area contributed by atoms with E-state index in [0.717, 1.165) is 12.0 Å². The fourth-order valence-corrected chi connectivity index (χ4v) is 6.17. The first-order valence-corrected chi connectivity index (χ1v) is 12.8. The Morgan fingerprint density at radius 2 is 2.03 bits per heavy atom. The zero-order valence-corrected chi connectivity index (χ0v) is 21.6. The maximum absolute atomic E-state index is 13.2. The summed E-state index contributed by atoms with van der Waals surface area (Å²) in [6.45, 7) is 0. The number of ether oxygens (including phenoxy) is 2. The van der Waals surface area contributed by atoms with Crippen molar-refractivity contribution in [3.8, 4) is 0 Å². The first-order chi connectivity index (χ1) is 17.5. The molecule has 2 aliphatic rings. The number of hydrogen-bond acceptors (Lipinski definition) is 12. The van der Waals surface area contributed by atoms with Crippen molar-refractivity contribution in [2.45, 2.75) is 41.6 Å². The number of fused-ring (bicyclic) bond motifs is 1. The third kappa shape index (κ3) is 5.80. The van der Waals surface area contributed by atoms with E-state index < -0.39 is 47.0 Å². The van der Waals surface area contributed by atoms with Crippen LogP contribution in [0.5, 0.6) is 0 Å². The van der Waals surface area contributed by atoms with Crippen LogP contribution in [0, 0.1) is 0 Å². The summed E-state index contributed by atoms with van der Waals surface area (Å²) < 4.78 is 11.2. The van der Waals surface area contributed by atoms with Crippen LogP contribution in [-0.2, 0) is 35.7 Å². The second kappa shape index (κ2) is 11.8. The molecule has 37 heavy (non-hydrogen) atoms. The Labute approximate surface area is 218 Å². The second-order valence-electron chi connectivity index (χ2n) is 7.88. The van der Waals surface area contributed by atoms with E-state index in [1.54, 1.807) is 7.05 Å². The first kappa shape index (κ1) is 28.2. The lowest BCUT2D eigenvalue weighted by atomic mass is 9.98. The largest absolute Gasteiger partial charge is 0.480 e. The number of carbonyl (C=O) groups excluding carboxylic acids is 3. The van der Waals surface area contributed by atoms with E-state index in [-0.39, 0.29) is 36.5 Å². The number of β-lactam (4-membered cyclic amide) rings is 1. The van der Waals surface area contributed by atoms with Crippen molar-refractivity contribution in [1.82, 2.24) is 35.7 Å². The van der Waals surface area contributed by atoms with Crippen molar-refractivity contribution in [3.05, 3.63) is 11.3 Å². The Kier molecular flexibility index (Phi) is 8.98. The van der Waals surface area contributed by atoms with Gasteiger partial charge < -0.3 is 30.3 Å². The van der Waals surface area contributed by atoms with Gasteiger partial charge in [0.2, 0.25) is 11.1 Å². The van der Waals surface area contributed by atoms with E-state index in [9.17, 15) is 34.2 Å². The van der Waals surface area contributed by atoms with Crippen molar-refractivity contribution in [2.75, 3.05) is 25.7 Å². The molecule has 16 nitrogen and oxygen atoms in total. The summed E-state index contributed by atoms with van der Waals surface area (Å²) in [5.74, 6) is -3.43. The zero-order chi connectivity index (χ0) is 27.3. The number of carboxylic acids is 2. The lowest BCUT2D eigenvalue weighted by Gasteiger charge is -2.55. The molecule has 2 aliphatic heterocycles. The number of rotatable bonds is 12. The van der Waals surface area contributed by atoms with Gasteiger partial charge in [0.1, 0.15) is 17.1 Å². The summed E-state index contributed by atoms with van der Waals surface area (Å²) in [6, 6.07) is -1.26. The van der Waals surface area contributed by atoms with E-state index in [2.05, 4.69) is 30.9 Å². The molecule has 3 heterocycles. The highest BCUT2D eigenvalue weighted by atomic mass is 32.2. The van der Waals surface area contributed by atoms with Crippen molar-refractivity contribution in [3.63, 3.8) is 0 Å². The normalized spacial score (nSPS) is 21.5. The Morgan fingerprint density at radius 3 is 2.59 bits per heavy atom. The smallest absolute Gasteiger partial charge is 0.407 e. The number of aromatic nitrogens is 4. The van der Waals surface area contributed by atoms with Gasteiger partial charge >= 0.3 is 18.0 Å². The Hall–Kier alpha value is -3.38. The number of thioether (sulfide) groups is 2. The minimum atomic E-state index is -1.77.